The Labute approximate surface area is 532 Å². The van der Waals surface area contributed by atoms with Crippen LogP contribution < -0.4 is 0 Å². The first-order valence-electron chi connectivity index (χ1n) is 24.1. The molecule has 0 saturated carbocycles. The molecule has 55 heteroatoms. The summed E-state index contributed by atoms with van der Waals surface area (Å²) < 4.78 is 590. The van der Waals surface area contributed by atoms with Gasteiger partial charge in [0.15, 0.2) is 33.0 Å². The average molecular weight is 1570 g/mol. The molecule has 0 aromatic carbocycles. The van der Waals surface area contributed by atoms with Crippen LogP contribution in [0, 0.1) is 10.8 Å². The summed E-state index contributed by atoms with van der Waals surface area (Å²) in [5.41, 5.74) is -18.5. The Kier molecular flexibility index (Phi) is 30.0. The molecule has 101 heavy (non-hydrogen) atoms. The van der Waals surface area contributed by atoms with Gasteiger partial charge in [-0.1, -0.05) is 39.5 Å². The molecule has 0 radical (unpaired) electrons. The highest BCUT2D eigenvalue weighted by Crippen LogP contribution is 2.68. The predicted octanol–water partition coefficient (Wildman–Crippen LogP) is 12.7. The van der Waals surface area contributed by atoms with E-state index < -0.39 is 245 Å². The van der Waals surface area contributed by atoms with Crippen LogP contribution in [0.1, 0.15) is 6.42 Å². The second kappa shape index (κ2) is 32.4. The Hall–Kier alpha value is -7.54. The molecule has 0 saturated heterocycles. The summed E-state index contributed by atoms with van der Waals surface area (Å²) in [6.45, 7) is -27.9. The minimum absolute atomic E-state index is 1.74. The monoisotopic (exact) mass is 1570 g/mol. The predicted molar refractivity (Wildman–Crippen MR) is 238 cm³/mol. The lowest BCUT2D eigenvalue weighted by molar-refractivity contribution is -0.596. The molecule has 0 amide bonds. The number of carbonyl (C=O) groups excluding carboxylic acids is 6. The van der Waals surface area contributed by atoms with Gasteiger partial charge in [0.2, 0.25) is 35.0 Å². The normalized spacial score (nSPS) is 14.6. The van der Waals surface area contributed by atoms with Crippen molar-refractivity contribution in [2.24, 2.45) is 10.8 Å². The first-order valence-corrected chi connectivity index (χ1v) is 24.1. The van der Waals surface area contributed by atoms with Crippen LogP contribution in [0.15, 0.2) is 74.4 Å². The van der Waals surface area contributed by atoms with Gasteiger partial charge in [-0.2, -0.15) is 140 Å². The van der Waals surface area contributed by atoms with Crippen molar-refractivity contribution in [3.05, 3.63) is 74.4 Å². The van der Waals surface area contributed by atoms with Gasteiger partial charge < -0.3 is 37.9 Å². The number of halogens is 36. The molecule has 0 spiro atoms. The van der Waals surface area contributed by atoms with E-state index in [4.69, 9.17) is 0 Å². The Morgan fingerprint density at radius 1 is 0.238 bits per heavy atom. The van der Waals surface area contributed by atoms with E-state index in [-0.39, 0.29) is 0 Å². The van der Waals surface area contributed by atoms with E-state index in [1.165, 1.54) is 0 Å². The quantitative estimate of drug-likeness (QED) is 0.0239. The lowest BCUT2D eigenvalue weighted by atomic mass is 9.81. The fourth-order valence-electron chi connectivity index (χ4n) is 5.74. The molecule has 584 valence electrons. The van der Waals surface area contributed by atoms with Gasteiger partial charge in [0.25, 0.3) is 10.8 Å². The van der Waals surface area contributed by atoms with Crippen LogP contribution in [0.5, 0.6) is 0 Å². The third-order valence-electron chi connectivity index (χ3n) is 10.8. The molecule has 19 nitrogen and oxygen atoms in total. The molecule has 0 rings (SSSR count). The summed E-state index contributed by atoms with van der Waals surface area (Å²) >= 11 is 0. The molecular formula is C46H34F36O19. The zero-order valence-electron chi connectivity index (χ0n) is 47.9. The zero-order valence-corrected chi connectivity index (χ0v) is 47.9. The van der Waals surface area contributed by atoms with E-state index >= 15 is 87.8 Å². The maximum atomic E-state index is 17.4. The van der Waals surface area contributed by atoms with Crippen LogP contribution in [-0.4, -0.2) is 193 Å². The summed E-state index contributed by atoms with van der Waals surface area (Å²) in [5, 5.41) is 0. The van der Waals surface area contributed by atoms with Crippen molar-refractivity contribution in [1.82, 2.24) is 0 Å². The molecule has 1 unspecified atom stereocenters. The van der Waals surface area contributed by atoms with Gasteiger partial charge in [0.05, 0.1) is 19.6 Å². The van der Waals surface area contributed by atoms with Crippen molar-refractivity contribution in [2.45, 2.75) is 97.1 Å². The van der Waals surface area contributed by atoms with Gasteiger partial charge in [-0.05, 0) is 0 Å². The van der Waals surface area contributed by atoms with E-state index in [0.717, 1.165) is 0 Å². The van der Waals surface area contributed by atoms with E-state index in [0.29, 0.717) is 0 Å². The highest BCUT2D eigenvalue weighted by Gasteiger charge is 2.93. The van der Waals surface area contributed by atoms with Crippen molar-refractivity contribution in [3.63, 3.8) is 0 Å². The molecule has 0 aliphatic heterocycles. The van der Waals surface area contributed by atoms with E-state index in [2.05, 4.69) is 55.8 Å². The molecule has 1 atom stereocenters. The Balaban J connectivity index is 10.4. The van der Waals surface area contributed by atoms with Gasteiger partial charge in [-0.15, -0.1) is 0 Å². The lowest BCUT2D eigenvalue weighted by Crippen LogP contribution is -2.76. The van der Waals surface area contributed by atoms with E-state index in [1.807, 2.05) is 31.1 Å². The van der Waals surface area contributed by atoms with Crippen LogP contribution in [0.25, 0.3) is 0 Å². The van der Waals surface area contributed by atoms with E-state index in [9.17, 15) is 99.0 Å². The largest absolute Gasteiger partial charge is 0.460 e. The van der Waals surface area contributed by atoms with Crippen molar-refractivity contribution in [2.75, 3.05) is 66.1 Å². The summed E-state index contributed by atoms with van der Waals surface area (Å²) in [6, 6.07) is 0. The van der Waals surface area contributed by atoms with Gasteiger partial charge in [-0.3, -0.25) is 9.47 Å². The molecule has 0 aliphatic rings. The van der Waals surface area contributed by atoms with Gasteiger partial charge in [0, 0.05) is 0 Å². The molecule has 0 aromatic heterocycles. The Morgan fingerprint density at radius 2 is 0.426 bits per heavy atom. The standard InChI is InChI=1S/C46H34F36O19/c1-18(47)24(83)91-8-7-37(63,64)97-38(65,66)32(13-89-9-30(53,54)11-92-25(84)19(2)48,41(71,72)99-44(77,78)34(57,58)15-94-27(86)21(4)50)39(67,68)98-40(69,70)33(14-90-10-31(55,56)12-93-26(85)20(3)49,42(73,74)100-45(79,80)35(59,60)16-95-28(87)22(5)51)43(75,76)101-46(81,82)36(61,62)17-96-29(88)23(6)52/h1-17H2. The van der Waals surface area contributed by atoms with Crippen LogP contribution >= 0.6 is 0 Å². The molecule has 0 heterocycles. The Bertz CT molecular complexity index is 2990. The van der Waals surface area contributed by atoms with Crippen LogP contribution in [-0.2, 0) is 90.3 Å². The van der Waals surface area contributed by atoms with Crippen molar-refractivity contribution < 1.29 is 248 Å². The first-order chi connectivity index (χ1) is 44.7. The highest BCUT2D eigenvalue weighted by molar-refractivity contribution is 5.87. The second-order valence-electron chi connectivity index (χ2n) is 18.6. The van der Waals surface area contributed by atoms with E-state index in [1.54, 1.807) is 14.2 Å². The first kappa shape index (κ1) is 93.5. The molecule has 0 aliphatic carbocycles. The maximum Gasteiger partial charge on any atom is 0.427 e. The summed E-state index contributed by atoms with van der Waals surface area (Å²) in [4.78, 5) is 68.0. The number of ether oxygens (including phenoxy) is 13. The number of hydrogen-bond acceptors (Lipinski definition) is 19. The van der Waals surface area contributed by atoms with Crippen LogP contribution in [0.2, 0.25) is 0 Å². The maximum absolute atomic E-state index is 17.4. The third kappa shape index (κ3) is 23.2. The number of hydrogen-bond donors (Lipinski definition) is 0. The Morgan fingerprint density at radius 3 is 0.644 bits per heavy atom. The molecule has 0 aromatic rings. The smallest absolute Gasteiger partial charge is 0.427 e. The molecule has 0 N–H and O–H groups in total. The minimum Gasteiger partial charge on any atom is -0.460 e. The number of carbonyl (C=O) groups is 6. The topological polar surface area (TPSA) is 222 Å². The van der Waals surface area contributed by atoms with Crippen LogP contribution in [0.4, 0.5) is 158 Å². The SMILES string of the molecule is C=C(F)C(=O)OCCC(F)(F)OC(F)(F)C(COCC(F)(F)COC(=O)C(=C)F)(C(F)(F)OC(F)(F)C(F)(F)COC(=O)C(=C)F)C(F)(F)OC(F)(F)C(COCC(F)(F)COC(=O)C(=C)F)(C(F)(F)OC(F)(F)C(F)(F)COC(=O)C(=C)F)C(F)(F)OC(F)(F)C(F)(F)COC(=O)C(=C)F. The highest BCUT2D eigenvalue weighted by atomic mass is 19.4. The number of esters is 6. The molecule has 0 bridgehead atoms. The van der Waals surface area contributed by atoms with Crippen molar-refractivity contribution >= 4 is 35.8 Å². The molecule has 0 fully saturated rings. The van der Waals surface area contributed by atoms with Crippen LogP contribution in [0.3, 0.4) is 0 Å². The van der Waals surface area contributed by atoms with Crippen molar-refractivity contribution in [3.8, 4) is 0 Å². The summed E-state index contributed by atoms with van der Waals surface area (Å²) in [6.07, 6.45) is -92.5. The lowest BCUT2D eigenvalue weighted by Gasteiger charge is -2.51. The second-order valence-corrected chi connectivity index (χ2v) is 18.6. The number of rotatable bonds is 46. The fourth-order valence-corrected chi connectivity index (χ4v) is 5.74. The minimum atomic E-state index is -9.87. The average Bonchev–Trinajstić information content (AvgIpc) is 0.689. The molecular weight excluding hydrogens is 1540 g/mol. The summed E-state index contributed by atoms with van der Waals surface area (Å²) in [5.74, 6) is -68.1. The van der Waals surface area contributed by atoms with Gasteiger partial charge in [-0.25, -0.2) is 60.5 Å². The number of alkyl halides is 30. The third-order valence-corrected chi connectivity index (χ3v) is 10.8. The van der Waals surface area contributed by atoms with Gasteiger partial charge >= 0.3 is 127 Å². The van der Waals surface area contributed by atoms with Gasteiger partial charge in [0.1, 0.15) is 19.8 Å². The van der Waals surface area contributed by atoms with Crippen molar-refractivity contribution in [1.29, 1.82) is 0 Å². The zero-order chi connectivity index (χ0) is 80.4. The fraction of sp³-hybridized carbons (Fsp3) is 0.609. The summed E-state index contributed by atoms with van der Waals surface area (Å²) in [7, 11) is 0.